The van der Waals surface area contributed by atoms with Crippen molar-refractivity contribution in [1.82, 2.24) is 9.88 Å². The van der Waals surface area contributed by atoms with E-state index in [1.54, 1.807) is 12.1 Å². The molecule has 144 valence electrons. The van der Waals surface area contributed by atoms with Gasteiger partial charge in [-0.1, -0.05) is 30.3 Å². The maximum absolute atomic E-state index is 12.8. The van der Waals surface area contributed by atoms with Gasteiger partial charge in [-0.15, -0.1) is 12.4 Å². The lowest BCUT2D eigenvalue weighted by molar-refractivity contribution is -0.137. The molecule has 0 saturated carbocycles. The third kappa shape index (κ3) is 4.14. The van der Waals surface area contributed by atoms with E-state index >= 15 is 0 Å². The van der Waals surface area contributed by atoms with E-state index in [9.17, 15) is 13.2 Å². The number of para-hydroxylation sites is 1. The molecule has 6 heteroatoms. The molecule has 1 fully saturated rings. The first-order valence-electron chi connectivity index (χ1n) is 8.97. The van der Waals surface area contributed by atoms with Crippen molar-refractivity contribution < 1.29 is 13.2 Å². The summed E-state index contributed by atoms with van der Waals surface area (Å²) < 4.78 is 40.4. The van der Waals surface area contributed by atoms with Crippen molar-refractivity contribution in [2.45, 2.75) is 31.5 Å². The zero-order chi connectivity index (χ0) is 18.1. The molecule has 1 aliphatic rings. The van der Waals surface area contributed by atoms with Crippen LogP contribution in [0.25, 0.3) is 10.9 Å². The SMILES string of the molecule is Cl.FC(F)(F)c1ccc(Cn2cc(C3CCNCC3)c3ccccc32)cc1. The third-order valence-electron chi connectivity index (χ3n) is 5.23. The highest BCUT2D eigenvalue weighted by Crippen LogP contribution is 2.34. The van der Waals surface area contributed by atoms with Crippen molar-refractivity contribution >= 4 is 23.3 Å². The summed E-state index contributed by atoms with van der Waals surface area (Å²) in [6.07, 6.45) is 0.141. The number of halogens is 4. The molecule has 0 spiro atoms. The van der Waals surface area contributed by atoms with Gasteiger partial charge in [-0.2, -0.15) is 13.2 Å². The van der Waals surface area contributed by atoms with Gasteiger partial charge in [0.15, 0.2) is 0 Å². The predicted octanol–water partition coefficient (Wildman–Crippen LogP) is 5.60. The lowest BCUT2D eigenvalue weighted by atomic mass is 9.90. The molecule has 2 aromatic carbocycles. The van der Waals surface area contributed by atoms with Crippen LogP contribution < -0.4 is 5.32 Å². The Morgan fingerprint density at radius 2 is 1.63 bits per heavy atom. The molecule has 0 aliphatic carbocycles. The summed E-state index contributed by atoms with van der Waals surface area (Å²) in [7, 11) is 0. The van der Waals surface area contributed by atoms with Crippen molar-refractivity contribution in [3.05, 3.63) is 71.4 Å². The number of alkyl halides is 3. The van der Waals surface area contributed by atoms with E-state index < -0.39 is 11.7 Å². The van der Waals surface area contributed by atoms with Gasteiger partial charge in [-0.25, -0.2) is 0 Å². The number of hydrogen-bond donors (Lipinski definition) is 1. The molecular weight excluding hydrogens is 373 g/mol. The summed E-state index contributed by atoms with van der Waals surface area (Å²) in [5.74, 6) is 0.537. The highest BCUT2D eigenvalue weighted by molar-refractivity contribution is 5.85. The Kier molecular flexibility index (Phi) is 5.82. The molecule has 0 bridgehead atoms. The number of benzene rings is 2. The number of rotatable bonds is 3. The van der Waals surface area contributed by atoms with Gasteiger partial charge in [-0.3, -0.25) is 0 Å². The Labute approximate surface area is 162 Å². The lowest BCUT2D eigenvalue weighted by Gasteiger charge is -2.22. The van der Waals surface area contributed by atoms with Crippen molar-refractivity contribution in [2.24, 2.45) is 0 Å². The fourth-order valence-corrected chi connectivity index (χ4v) is 3.86. The molecule has 0 amide bonds. The minimum absolute atomic E-state index is 0. The average Bonchev–Trinajstić information content (AvgIpc) is 3.01. The highest BCUT2D eigenvalue weighted by Gasteiger charge is 2.30. The van der Waals surface area contributed by atoms with Gasteiger partial charge < -0.3 is 9.88 Å². The summed E-state index contributed by atoms with van der Waals surface area (Å²) in [5, 5.41) is 4.65. The summed E-state index contributed by atoms with van der Waals surface area (Å²) in [6.45, 7) is 2.63. The highest BCUT2D eigenvalue weighted by atomic mass is 35.5. The molecule has 3 aromatic rings. The van der Waals surface area contributed by atoms with Crippen LogP contribution >= 0.6 is 12.4 Å². The molecule has 0 unspecified atom stereocenters. The van der Waals surface area contributed by atoms with Crippen LogP contribution in [0.15, 0.2) is 54.7 Å². The Bertz CT molecular complexity index is 894. The minimum atomic E-state index is -4.29. The number of nitrogens with one attached hydrogen (secondary N) is 1. The van der Waals surface area contributed by atoms with Crippen LogP contribution in [-0.2, 0) is 12.7 Å². The standard InChI is InChI=1S/C21H21F3N2.ClH/c22-21(23,24)17-7-5-15(6-8-17)13-26-14-19(16-9-11-25-12-10-16)18-3-1-2-4-20(18)26;/h1-8,14,16,25H,9-13H2;1H. The monoisotopic (exact) mass is 394 g/mol. The lowest BCUT2D eigenvalue weighted by Crippen LogP contribution is -2.26. The van der Waals surface area contributed by atoms with Crippen molar-refractivity contribution in [3.8, 4) is 0 Å². The predicted molar refractivity (Wildman–Crippen MR) is 105 cm³/mol. The molecule has 27 heavy (non-hydrogen) atoms. The van der Waals surface area contributed by atoms with Crippen LogP contribution in [0.1, 0.15) is 35.4 Å². The topological polar surface area (TPSA) is 17.0 Å². The summed E-state index contributed by atoms with van der Waals surface area (Å²) in [5.41, 5.74) is 2.76. The van der Waals surface area contributed by atoms with Gasteiger partial charge in [0.2, 0.25) is 0 Å². The summed E-state index contributed by atoms with van der Waals surface area (Å²) >= 11 is 0. The van der Waals surface area contributed by atoms with Crippen LogP contribution in [-0.4, -0.2) is 17.7 Å². The Morgan fingerprint density at radius 1 is 0.963 bits per heavy atom. The van der Waals surface area contributed by atoms with Gasteiger partial charge in [0, 0.05) is 23.6 Å². The van der Waals surface area contributed by atoms with Gasteiger partial charge in [0.1, 0.15) is 0 Å². The third-order valence-corrected chi connectivity index (χ3v) is 5.23. The molecule has 1 aliphatic heterocycles. The second-order valence-corrected chi connectivity index (χ2v) is 6.95. The quantitative estimate of drug-likeness (QED) is 0.612. The zero-order valence-electron chi connectivity index (χ0n) is 14.8. The maximum Gasteiger partial charge on any atom is 0.416 e. The van der Waals surface area contributed by atoms with E-state index in [-0.39, 0.29) is 12.4 Å². The van der Waals surface area contributed by atoms with Crippen LogP contribution in [0.3, 0.4) is 0 Å². The minimum Gasteiger partial charge on any atom is -0.343 e. The first-order valence-corrected chi connectivity index (χ1v) is 8.97. The van der Waals surface area contributed by atoms with E-state index in [1.165, 1.54) is 10.9 Å². The molecular formula is C21H22ClF3N2. The van der Waals surface area contributed by atoms with Crippen molar-refractivity contribution in [2.75, 3.05) is 13.1 Å². The molecule has 0 radical (unpaired) electrons. The number of piperidine rings is 1. The second-order valence-electron chi connectivity index (χ2n) is 6.95. The van der Waals surface area contributed by atoms with Gasteiger partial charge in [-0.05, 0) is 61.2 Å². The van der Waals surface area contributed by atoms with Crippen LogP contribution in [0, 0.1) is 0 Å². The summed E-state index contributed by atoms with van der Waals surface area (Å²) in [6, 6.07) is 13.8. The van der Waals surface area contributed by atoms with Crippen LogP contribution in [0.4, 0.5) is 13.2 Å². The normalized spacial score (nSPS) is 15.7. The Morgan fingerprint density at radius 3 is 2.30 bits per heavy atom. The van der Waals surface area contributed by atoms with Gasteiger partial charge >= 0.3 is 6.18 Å². The largest absolute Gasteiger partial charge is 0.416 e. The fourth-order valence-electron chi connectivity index (χ4n) is 3.86. The molecule has 1 saturated heterocycles. The molecule has 2 nitrogen and oxygen atoms in total. The number of aromatic nitrogens is 1. The van der Waals surface area contributed by atoms with Gasteiger partial charge in [0.25, 0.3) is 0 Å². The van der Waals surface area contributed by atoms with Crippen LogP contribution in [0.5, 0.6) is 0 Å². The number of hydrogen-bond acceptors (Lipinski definition) is 1. The van der Waals surface area contributed by atoms with E-state index in [4.69, 9.17) is 0 Å². The second kappa shape index (κ2) is 7.95. The molecule has 4 rings (SSSR count). The van der Waals surface area contributed by atoms with E-state index in [2.05, 4.69) is 34.3 Å². The number of fused-ring (bicyclic) bond motifs is 1. The van der Waals surface area contributed by atoms with E-state index in [0.29, 0.717) is 12.5 Å². The van der Waals surface area contributed by atoms with Crippen molar-refractivity contribution in [1.29, 1.82) is 0 Å². The van der Waals surface area contributed by atoms with Gasteiger partial charge in [0.05, 0.1) is 5.56 Å². The van der Waals surface area contributed by atoms with Crippen molar-refractivity contribution in [3.63, 3.8) is 0 Å². The summed E-state index contributed by atoms with van der Waals surface area (Å²) in [4.78, 5) is 0. The first kappa shape index (κ1) is 19.8. The first-order chi connectivity index (χ1) is 12.5. The molecule has 1 N–H and O–H groups in total. The Hall–Kier alpha value is -1.98. The molecule has 0 atom stereocenters. The number of nitrogens with zero attached hydrogens (tertiary/aromatic N) is 1. The smallest absolute Gasteiger partial charge is 0.343 e. The van der Waals surface area contributed by atoms with E-state index in [1.807, 2.05) is 6.07 Å². The zero-order valence-corrected chi connectivity index (χ0v) is 15.6. The maximum atomic E-state index is 12.8. The molecule has 1 aromatic heterocycles. The fraction of sp³-hybridized carbons (Fsp3) is 0.333. The van der Waals surface area contributed by atoms with E-state index in [0.717, 1.165) is 49.1 Å². The van der Waals surface area contributed by atoms with Crippen LogP contribution in [0.2, 0.25) is 0 Å². The average molecular weight is 395 g/mol. The molecule has 2 heterocycles. The Balaban J connectivity index is 0.00000210.